The molecule has 1 fully saturated rings. The maximum absolute atomic E-state index is 11.9. The molecule has 2 aromatic rings. The van der Waals surface area contributed by atoms with Crippen LogP contribution in [0.25, 0.3) is 0 Å². The normalized spacial score (nSPS) is 14.0. The van der Waals surface area contributed by atoms with E-state index in [1.807, 2.05) is 12.1 Å². The van der Waals surface area contributed by atoms with Crippen LogP contribution in [0.4, 0.5) is 5.82 Å². The van der Waals surface area contributed by atoms with Crippen LogP contribution in [0.2, 0.25) is 0 Å². The molecule has 126 valence electrons. The van der Waals surface area contributed by atoms with Crippen molar-refractivity contribution in [2.24, 2.45) is 5.92 Å². The maximum Gasteiger partial charge on any atom is 0.241 e. The van der Waals surface area contributed by atoms with E-state index in [1.165, 1.54) is 4.68 Å². The molecule has 0 bridgehead atoms. The number of carbonyl (C=O) groups is 2. The summed E-state index contributed by atoms with van der Waals surface area (Å²) in [5.74, 6) is 0.302. The van der Waals surface area contributed by atoms with Crippen LogP contribution in [0.15, 0.2) is 30.7 Å². The first-order valence-corrected chi connectivity index (χ1v) is 8.07. The Morgan fingerprint density at radius 1 is 1.33 bits per heavy atom. The van der Waals surface area contributed by atoms with Crippen molar-refractivity contribution in [2.45, 2.75) is 32.2 Å². The van der Waals surface area contributed by atoms with Gasteiger partial charge in [-0.25, -0.2) is 4.68 Å². The van der Waals surface area contributed by atoms with Crippen LogP contribution in [-0.2, 0) is 22.6 Å². The minimum Gasteiger partial charge on any atom is -0.354 e. The van der Waals surface area contributed by atoms with Crippen LogP contribution >= 0.6 is 0 Å². The molecule has 0 aliphatic heterocycles. The number of nitrogens with one attached hydrogen (secondary N) is 2. The molecular formula is C16H20N6O2. The topological polar surface area (TPSA) is 102 Å². The van der Waals surface area contributed by atoms with E-state index in [4.69, 9.17) is 0 Å². The second kappa shape index (κ2) is 7.67. The van der Waals surface area contributed by atoms with Gasteiger partial charge in [0.25, 0.3) is 0 Å². The largest absolute Gasteiger partial charge is 0.354 e. The van der Waals surface area contributed by atoms with E-state index in [0.717, 1.165) is 31.2 Å². The van der Waals surface area contributed by atoms with Crippen molar-refractivity contribution in [1.29, 1.82) is 0 Å². The zero-order chi connectivity index (χ0) is 16.8. The monoisotopic (exact) mass is 328 g/mol. The van der Waals surface area contributed by atoms with Crippen LogP contribution in [0, 0.1) is 5.92 Å². The number of pyridine rings is 1. The molecule has 0 saturated heterocycles. The molecule has 0 radical (unpaired) electrons. The fourth-order valence-corrected chi connectivity index (χ4v) is 2.43. The predicted octanol–water partition coefficient (Wildman–Crippen LogP) is 0.771. The lowest BCUT2D eigenvalue weighted by Gasteiger charge is -2.23. The quantitative estimate of drug-likeness (QED) is 0.782. The van der Waals surface area contributed by atoms with Crippen LogP contribution in [0.1, 0.15) is 24.8 Å². The summed E-state index contributed by atoms with van der Waals surface area (Å²) in [4.78, 5) is 27.8. The summed E-state index contributed by atoms with van der Waals surface area (Å²) in [6.07, 6.45) is 8.74. The third kappa shape index (κ3) is 4.37. The van der Waals surface area contributed by atoms with E-state index in [9.17, 15) is 9.59 Å². The molecular weight excluding hydrogens is 308 g/mol. The molecule has 2 aromatic heterocycles. The summed E-state index contributed by atoms with van der Waals surface area (Å²) in [7, 11) is 0. The predicted molar refractivity (Wildman–Crippen MR) is 86.9 cm³/mol. The molecule has 1 saturated carbocycles. The van der Waals surface area contributed by atoms with Gasteiger partial charge in [0.05, 0.1) is 6.20 Å². The Balaban J connectivity index is 1.40. The van der Waals surface area contributed by atoms with Crippen molar-refractivity contribution < 1.29 is 9.59 Å². The van der Waals surface area contributed by atoms with Crippen LogP contribution in [0.5, 0.6) is 0 Å². The van der Waals surface area contributed by atoms with Gasteiger partial charge in [-0.05, 0) is 30.9 Å². The van der Waals surface area contributed by atoms with Gasteiger partial charge in [-0.15, -0.1) is 5.10 Å². The average molecular weight is 328 g/mol. The Bertz CT molecular complexity index is 696. The summed E-state index contributed by atoms with van der Waals surface area (Å²) >= 11 is 0. The maximum atomic E-state index is 11.9. The van der Waals surface area contributed by atoms with Crippen molar-refractivity contribution >= 4 is 17.6 Å². The Hall–Kier alpha value is -2.77. The number of hydrogen-bond donors (Lipinski definition) is 2. The summed E-state index contributed by atoms with van der Waals surface area (Å²) < 4.78 is 1.41. The Labute approximate surface area is 139 Å². The molecule has 1 aliphatic carbocycles. The van der Waals surface area contributed by atoms with Gasteiger partial charge in [-0.2, -0.15) is 0 Å². The zero-order valence-corrected chi connectivity index (χ0v) is 13.3. The lowest BCUT2D eigenvalue weighted by molar-refractivity contribution is -0.122. The van der Waals surface area contributed by atoms with Crippen LogP contribution < -0.4 is 10.6 Å². The highest BCUT2D eigenvalue weighted by molar-refractivity contribution is 5.92. The highest BCUT2D eigenvalue weighted by Crippen LogP contribution is 2.27. The first-order valence-electron chi connectivity index (χ1n) is 8.07. The van der Waals surface area contributed by atoms with Gasteiger partial charge in [-0.3, -0.25) is 14.6 Å². The fraction of sp³-hybridized carbons (Fsp3) is 0.438. The van der Waals surface area contributed by atoms with Crippen molar-refractivity contribution in [3.05, 3.63) is 36.3 Å². The average Bonchev–Trinajstić information content (AvgIpc) is 2.93. The highest BCUT2D eigenvalue weighted by Gasteiger charge is 2.25. The number of nitrogens with zero attached hydrogens (tertiary/aromatic N) is 4. The molecule has 24 heavy (non-hydrogen) atoms. The Kier molecular flexibility index (Phi) is 5.15. The molecule has 8 nitrogen and oxygen atoms in total. The summed E-state index contributed by atoms with van der Waals surface area (Å²) in [6.45, 7) is 0.601. The van der Waals surface area contributed by atoms with E-state index < -0.39 is 0 Å². The Morgan fingerprint density at radius 3 is 2.92 bits per heavy atom. The van der Waals surface area contributed by atoms with Gasteiger partial charge in [0.2, 0.25) is 11.8 Å². The number of carbonyl (C=O) groups excluding carboxylic acids is 2. The van der Waals surface area contributed by atoms with Gasteiger partial charge in [-0.1, -0.05) is 17.7 Å². The number of anilines is 1. The van der Waals surface area contributed by atoms with Gasteiger partial charge in [0.1, 0.15) is 6.54 Å². The molecule has 2 N–H and O–H groups in total. The molecule has 0 aromatic carbocycles. The second-order valence-electron chi connectivity index (χ2n) is 5.88. The smallest absolute Gasteiger partial charge is 0.241 e. The lowest BCUT2D eigenvalue weighted by Crippen LogP contribution is -2.29. The number of rotatable bonds is 7. The molecule has 8 heteroatoms. The summed E-state index contributed by atoms with van der Waals surface area (Å²) in [6, 6.07) is 3.83. The van der Waals surface area contributed by atoms with E-state index in [2.05, 4.69) is 25.9 Å². The van der Waals surface area contributed by atoms with E-state index in [1.54, 1.807) is 18.6 Å². The van der Waals surface area contributed by atoms with Crippen molar-refractivity contribution in [3.63, 3.8) is 0 Å². The van der Waals surface area contributed by atoms with E-state index in [0.29, 0.717) is 12.4 Å². The number of hydrogen-bond acceptors (Lipinski definition) is 5. The van der Waals surface area contributed by atoms with Gasteiger partial charge in [0, 0.05) is 24.9 Å². The van der Waals surface area contributed by atoms with Gasteiger partial charge < -0.3 is 10.6 Å². The van der Waals surface area contributed by atoms with E-state index >= 15 is 0 Å². The molecule has 3 rings (SSSR count). The molecule has 0 spiro atoms. The third-order valence-corrected chi connectivity index (χ3v) is 4.03. The molecule has 0 unspecified atom stereocenters. The highest BCUT2D eigenvalue weighted by atomic mass is 16.2. The van der Waals surface area contributed by atoms with Crippen molar-refractivity contribution in [1.82, 2.24) is 25.3 Å². The zero-order valence-electron chi connectivity index (χ0n) is 13.3. The van der Waals surface area contributed by atoms with Gasteiger partial charge in [0.15, 0.2) is 5.82 Å². The standard InChI is InChI=1S/C16H20N6O2/c23-15(18-8-6-12-3-2-7-17-9-12)11-22-10-14(20-21-22)19-16(24)13-4-1-5-13/h2-3,7,9-10,13H,1,4-6,8,11H2,(H,18,23)(H,19,24). The molecule has 0 atom stereocenters. The first kappa shape index (κ1) is 16.1. The van der Waals surface area contributed by atoms with Crippen LogP contribution in [-0.4, -0.2) is 38.3 Å². The molecule has 2 amide bonds. The second-order valence-corrected chi connectivity index (χ2v) is 5.88. The number of aromatic nitrogens is 4. The third-order valence-electron chi connectivity index (χ3n) is 4.03. The Morgan fingerprint density at radius 2 is 2.21 bits per heavy atom. The first-order chi connectivity index (χ1) is 11.7. The lowest BCUT2D eigenvalue weighted by atomic mass is 9.85. The van der Waals surface area contributed by atoms with Crippen molar-refractivity contribution in [3.8, 4) is 0 Å². The van der Waals surface area contributed by atoms with E-state index in [-0.39, 0.29) is 24.3 Å². The number of amides is 2. The van der Waals surface area contributed by atoms with Gasteiger partial charge >= 0.3 is 0 Å². The summed E-state index contributed by atoms with van der Waals surface area (Å²) in [5.41, 5.74) is 1.07. The van der Waals surface area contributed by atoms with Crippen molar-refractivity contribution in [2.75, 3.05) is 11.9 Å². The minimum absolute atomic E-state index is 0.0192. The molecule has 1 aliphatic rings. The summed E-state index contributed by atoms with van der Waals surface area (Å²) in [5, 5.41) is 13.3. The fourth-order valence-electron chi connectivity index (χ4n) is 2.43. The van der Waals surface area contributed by atoms with Crippen LogP contribution in [0.3, 0.4) is 0 Å². The SMILES string of the molecule is O=C(Cn1cc(NC(=O)C2CCC2)nn1)NCCc1cccnc1. The molecule has 2 heterocycles. The minimum atomic E-state index is -0.152.